The van der Waals surface area contributed by atoms with Crippen molar-refractivity contribution in [3.8, 4) is 0 Å². The second kappa shape index (κ2) is 8.33. The van der Waals surface area contributed by atoms with E-state index in [1.165, 1.54) is 0 Å². The first-order valence-corrected chi connectivity index (χ1v) is 10.1. The van der Waals surface area contributed by atoms with Crippen molar-refractivity contribution in [2.75, 3.05) is 31.1 Å². The number of likely N-dealkylation sites (tertiary alicyclic amines) is 1. The van der Waals surface area contributed by atoms with Gasteiger partial charge in [0.1, 0.15) is 0 Å². The van der Waals surface area contributed by atoms with Crippen molar-refractivity contribution < 1.29 is 19.1 Å². The Kier molecular flexibility index (Phi) is 6.06. The van der Waals surface area contributed by atoms with Gasteiger partial charge in [-0.05, 0) is 37.3 Å². The van der Waals surface area contributed by atoms with Crippen molar-refractivity contribution in [1.29, 1.82) is 0 Å². The van der Waals surface area contributed by atoms with E-state index in [0.29, 0.717) is 32.5 Å². The molecular formula is C22H30N2O4. The fourth-order valence-corrected chi connectivity index (χ4v) is 3.91. The number of piperidine rings is 1. The van der Waals surface area contributed by atoms with Crippen LogP contribution in [0.3, 0.4) is 0 Å². The second-order valence-electron chi connectivity index (χ2n) is 8.70. The van der Waals surface area contributed by atoms with E-state index < -0.39 is 5.41 Å². The summed E-state index contributed by atoms with van der Waals surface area (Å²) in [4.78, 5) is 40.9. The van der Waals surface area contributed by atoms with E-state index in [0.717, 1.165) is 24.1 Å². The number of carbonyl (C=O) groups excluding carboxylic acids is 3. The summed E-state index contributed by atoms with van der Waals surface area (Å²) in [5, 5.41) is 0. The average Bonchev–Trinajstić information content (AvgIpc) is 2.70. The Hall–Kier alpha value is -2.37. The monoisotopic (exact) mass is 386 g/mol. The highest BCUT2D eigenvalue weighted by Gasteiger charge is 2.33. The summed E-state index contributed by atoms with van der Waals surface area (Å²) in [5.74, 6) is -0.647. The van der Waals surface area contributed by atoms with Gasteiger partial charge in [-0.25, -0.2) is 0 Å². The highest BCUT2D eigenvalue weighted by atomic mass is 16.5. The van der Waals surface area contributed by atoms with Crippen LogP contribution in [-0.4, -0.2) is 48.9 Å². The zero-order valence-electron chi connectivity index (χ0n) is 17.1. The van der Waals surface area contributed by atoms with E-state index in [9.17, 15) is 14.4 Å². The van der Waals surface area contributed by atoms with Crippen LogP contribution in [-0.2, 0) is 25.5 Å². The summed E-state index contributed by atoms with van der Waals surface area (Å²) in [6, 6.07) is 7.87. The molecule has 6 heteroatoms. The smallest absolute Gasteiger partial charge is 0.309 e. The molecule has 1 aromatic rings. The highest BCUT2D eigenvalue weighted by Crippen LogP contribution is 2.27. The van der Waals surface area contributed by atoms with E-state index in [4.69, 9.17) is 4.74 Å². The van der Waals surface area contributed by atoms with Crippen molar-refractivity contribution in [2.24, 2.45) is 11.3 Å². The fourth-order valence-electron chi connectivity index (χ4n) is 3.91. The van der Waals surface area contributed by atoms with Crippen LogP contribution in [0.15, 0.2) is 24.3 Å². The largest absolute Gasteiger partial charge is 0.455 e. The molecule has 0 bridgehead atoms. The molecule has 28 heavy (non-hydrogen) atoms. The molecule has 0 N–H and O–H groups in total. The van der Waals surface area contributed by atoms with Gasteiger partial charge < -0.3 is 14.5 Å². The van der Waals surface area contributed by atoms with Gasteiger partial charge >= 0.3 is 5.97 Å². The van der Waals surface area contributed by atoms with Gasteiger partial charge in [-0.1, -0.05) is 39.0 Å². The van der Waals surface area contributed by atoms with Gasteiger partial charge in [0.05, 0.1) is 5.92 Å². The Morgan fingerprint density at radius 2 is 1.75 bits per heavy atom. The lowest BCUT2D eigenvalue weighted by atomic mass is 9.91. The van der Waals surface area contributed by atoms with Gasteiger partial charge in [0.15, 0.2) is 6.61 Å². The lowest BCUT2D eigenvalue weighted by Gasteiger charge is -2.35. The average molecular weight is 386 g/mol. The molecule has 0 atom stereocenters. The van der Waals surface area contributed by atoms with Gasteiger partial charge in [0, 0.05) is 30.7 Å². The number of esters is 1. The van der Waals surface area contributed by atoms with E-state index in [2.05, 4.69) is 0 Å². The van der Waals surface area contributed by atoms with Crippen molar-refractivity contribution in [2.45, 2.75) is 46.5 Å². The lowest BCUT2D eigenvalue weighted by Crippen LogP contribution is -2.45. The quantitative estimate of drug-likeness (QED) is 0.749. The van der Waals surface area contributed by atoms with Crippen molar-refractivity contribution in [1.82, 2.24) is 4.90 Å². The summed E-state index contributed by atoms with van der Waals surface area (Å²) in [5.41, 5.74) is 1.66. The standard InChI is InChI=1S/C22H30N2O4/c1-22(2,3)21(27)23-13-10-17(11-14-23)20(26)28-15-19(25)24-12-6-8-16-7-4-5-9-18(16)24/h4-5,7,9,17H,6,8,10-15H2,1-3H3. The summed E-state index contributed by atoms with van der Waals surface area (Å²) in [7, 11) is 0. The number of anilines is 1. The van der Waals surface area contributed by atoms with Crippen LogP contribution in [0, 0.1) is 11.3 Å². The molecular weight excluding hydrogens is 356 g/mol. The molecule has 0 aliphatic carbocycles. The molecule has 2 amide bonds. The summed E-state index contributed by atoms with van der Waals surface area (Å²) >= 11 is 0. The van der Waals surface area contributed by atoms with Crippen LogP contribution in [0.25, 0.3) is 0 Å². The minimum atomic E-state index is -0.412. The lowest BCUT2D eigenvalue weighted by molar-refractivity contribution is -0.155. The number of carbonyl (C=O) groups is 3. The first-order chi connectivity index (χ1) is 13.3. The Morgan fingerprint density at radius 1 is 1.07 bits per heavy atom. The summed E-state index contributed by atoms with van der Waals surface area (Å²) < 4.78 is 5.34. The van der Waals surface area contributed by atoms with Gasteiger partial charge in [-0.3, -0.25) is 14.4 Å². The molecule has 0 spiro atoms. The van der Waals surface area contributed by atoms with Crippen molar-refractivity contribution in [3.63, 3.8) is 0 Å². The number of benzene rings is 1. The van der Waals surface area contributed by atoms with Gasteiger partial charge in [-0.2, -0.15) is 0 Å². The predicted octanol–water partition coefficient (Wildman–Crippen LogP) is 2.79. The van der Waals surface area contributed by atoms with Crippen LogP contribution in [0.4, 0.5) is 5.69 Å². The van der Waals surface area contributed by atoms with Gasteiger partial charge in [0.2, 0.25) is 5.91 Å². The first kappa shape index (κ1) is 20.4. The number of hydrogen-bond acceptors (Lipinski definition) is 4. The van der Waals surface area contributed by atoms with Crippen LogP contribution in [0.2, 0.25) is 0 Å². The first-order valence-electron chi connectivity index (χ1n) is 10.1. The SMILES string of the molecule is CC(C)(C)C(=O)N1CCC(C(=O)OCC(=O)N2CCCc3ccccc32)CC1. The molecule has 1 fully saturated rings. The minimum absolute atomic E-state index is 0.109. The summed E-state index contributed by atoms with van der Waals surface area (Å²) in [6.45, 7) is 7.25. The van der Waals surface area contributed by atoms with E-state index in [1.807, 2.05) is 49.9 Å². The molecule has 6 nitrogen and oxygen atoms in total. The normalized spacial score (nSPS) is 17.8. The summed E-state index contributed by atoms with van der Waals surface area (Å²) in [6.07, 6.45) is 3.05. The van der Waals surface area contributed by atoms with Gasteiger partial charge in [0.25, 0.3) is 5.91 Å². The highest BCUT2D eigenvalue weighted by molar-refractivity contribution is 5.96. The number of ether oxygens (including phenoxy) is 1. The van der Waals surface area contributed by atoms with Crippen LogP contribution < -0.4 is 4.90 Å². The Bertz CT molecular complexity index is 745. The molecule has 0 radical (unpaired) electrons. The Balaban J connectivity index is 1.49. The molecule has 0 aromatic heterocycles. The number of nitrogens with zero attached hydrogens (tertiary/aromatic N) is 2. The molecule has 2 heterocycles. The van der Waals surface area contributed by atoms with E-state index in [1.54, 1.807) is 4.90 Å². The predicted molar refractivity (Wildman–Crippen MR) is 107 cm³/mol. The third-order valence-electron chi connectivity index (χ3n) is 5.51. The van der Waals surface area contributed by atoms with Crippen LogP contribution in [0.5, 0.6) is 0 Å². The maximum absolute atomic E-state index is 12.6. The molecule has 2 aliphatic rings. The molecule has 152 valence electrons. The molecule has 3 rings (SSSR count). The zero-order chi connectivity index (χ0) is 20.3. The van der Waals surface area contributed by atoms with Crippen molar-refractivity contribution in [3.05, 3.63) is 29.8 Å². The topological polar surface area (TPSA) is 66.9 Å². The number of fused-ring (bicyclic) bond motifs is 1. The number of aryl methyl sites for hydroxylation is 1. The Morgan fingerprint density at radius 3 is 2.43 bits per heavy atom. The third-order valence-corrected chi connectivity index (χ3v) is 5.51. The maximum Gasteiger partial charge on any atom is 0.309 e. The third kappa shape index (κ3) is 4.54. The number of hydrogen-bond donors (Lipinski definition) is 0. The van der Waals surface area contributed by atoms with Crippen LogP contribution in [0.1, 0.15) is 45.6 Å². The maximum atomic E-state index is 12.6. The van der Waals surface area contributed by atoms with Gasteiger partial charge in [-0.15, -0.1) is 0 Å². The Labute approximate surface area is 166 Å². The second-order valence-corrected chi connectivity index (χ2v) is 8.70. The number of rotatable bonds is 3. The molecule has 0 saturated carbocycles. The molecule has 1 saturated heterocycles. The zero-order valence-corrected chi connectivity index (χ0v) is 17.1. The molecule has 0 unspecified atom stereocenters. The molecule has 2 aliphatic heterocycles. The van der Waals surface area contributed by atoms with Crippen LogP contribution >= 0.6 is 0 Å². The van der Waals surface area contributed by atoms with Crippen molar-refractivity contribution >= 4 is 23.5 Å². The molecule has 1 aromatic carbocycles. The number of para-hydroxylation sites is 1. The van der Waals surface area contributed by atoms with E-state index in [-0.39, 0.29) is 30.3 Å². The minimum Gasteiger partial charge on any atom is -0.455 e. The number of amides is 2. The van der Waals surface area contributed by atoms with E-state index >= 15 is 0 Å². The fraction of sp³-hybridized carbons (Fsp3) is 0.591.